The lowest BCUT2D eigenvalue weighted by Gasteiger charge is -2.29. The lowest BCUT2D eigenvalue weighted by atomic mass is 10.0. The average Bonchev–Trinajstić information content (AvgIpc) is 3.49. The van der Waals surface area contributed by atoms with Crippen LogP contribution in [-0.2, 0) is 29.1 Å². The zero-order valence-corrected chi connectivity index (χ0v) is 18.9. The van der Waals surface area contributed by atoms with Crippen LogP contribution >= 0.6 is 0 Å². The van der Waals surface area contributed by atoms with Gasteiger partial charge in [0.25, 0.3) is 17.4 Å². The quantitative estimate of drug-likeness (QED) is 0.458. The first kappa shape index (κ1) is 21.8. The maximum atomic E-state index is 13.0. The molecule has 36 heavy (non-hydrogen) atoms. The van der Waals surface area contributed by atoms with E-state index in [1.165, 1.54) is 15.8 Å². The first-order valence-electron chi connectivity index (χ1n) is 11.4. The fourth-order valence-corrected chi connectivity index (χ4v) is 4.93. The Morgan fingerprint density at radius 3 is 2.75 bits per heavy atom. The third-order valence-corrected chi connectivity index (χ3v) is 6.81. The Hall–Kier alpha value is -4.68. The van der Waals surface area contributed by atoms with Gasteiger partial charge in [0.05, 0.1) is 18.1 Å². The molecule has 13 heteroatoms. The van der Waals surface area contributed by atoms with Gasteiger partial charge in [-0.3, -0.25) is 29.3 Å². The van der Waals surface area contributed by atoms with Gasteiger partial charge in [0.2, 0.25) is 11.8 Å². The third kappa shape index (κ3) is 3.56. The number of aromatic nitrogens is 5. The van der Waals surface area contributed by atoms with E-state index in [2.05, 4.69) is 25.8 Å². The first-order valence-corrected chi connectivity index (χ1v) is 11.4. The molecular formula is C23H20N8O5. The van der Waals surface area contributed by atoms with Crippen molar-refractivity contribution in [1.82, 2.24) is 40.3 Å². The van der Waals surface area contributed by atoms with E-state index >= 15 is 0 Å². The number of aromatic amines is 1. The van der Waals surface area contributed by atoms with Crippen molar-refractivity contribution in [2.24, 2.45) is 0 Å². The number of carbonyl (C=O) groups is 4. The molecule has 4 amide bonds. The summed E-state index contributed by atoms with van der Waals surface area (Å²) in [5.41, 5.74) is 3.06. The molecule has 1 atom stereocenters. The Balaban J connectivity index is 1.20. The van der Waals surface area contributed by atoms with E-state index in [4.69, 9.17) is 0 Å². The van der Waals surface area contributed by atoms with Gasteiger partial charge in [0, 0.05) is 42.7 Å². The predicted molar refractivity (Wildman–Crippen MR) is 121 cm³/mol. The number of imide groups is 1. The zero-order valence-electron chi connectivity index (χ0n) is 18.9. The van der Waals surface area contributed by atoms with Gasteiger partial charge in [-0.15, -0.1) is 5.10 Å². The molecule has 2 aromatic heterocycles. The number of piperidine rings is 1. The summed E-state index contributed by atoms with van der Waals surface area (Å²) in [6.45, 7) is 0.868. The summed E-state index contributed by atoms with van der Waals surface area (Å²) in [5, 5.41) is 16.6. The van der Waals surface area contributed by atoms with Gasteiger partial charge in [-0.25, -0.2) is 9.78 Å². The second-order valence-electron chi connectivity index (χ2n) is 8.97. The highest BCUT2D eigenvalue weighted by molar-refractivity contribution is 6.05. The van der Waals surface area contributed by atoms with Gasteiger partial charge >= 0.3 is 0 Å². The minimum atomic E-state index is -0.692. The molecule has 182 valence electrons. The van der Waals surface area contributed by atoms with Crippen molar-refractivity contribution in [3.8, 4) is 5.69 Å². The number of nitrogens with one attached hydrogen (secondary N) is 2. The van der Waals surface area contributed by atoms with E-state index in [1.807, 2.05) is 0 Å². The summed E-state index contributed by atoms with van der Waals surface area (Å²) in [6.07, 6.45) is 3.97. The molecule has 5 heterocycles. The van der Waals surface area contributed by atoms with Crippen LogP contribution in [0.15, 0.2) is 35.4 Å². The molecule has 3 aliphatic heterocycles. The Bertz CT molecular complexity index is 1510. The van der Waals surface area contributed by atoms with E-state index in [0.717, 1.165) is 5.56 Å². The smallest absolute Gasteiger partial charge is 0.276 e. The standard InChI is InChI=1S/C23H20N8O5/c32-19-4-3-18(21(34)25-19)30-10-12-7-14(1-2-16(12)22(30)35)31-11-17(26-28-31)23(36)29-6-5-15-13(9-29)8-24-27-20(15)33/h1-2,7-8,11,18H,3-6,9-10H2,(H,27,33)(H,25,32,34). The molecular weight excluding hydrogens is 468 g/mol. The summed E-state index contributed by atoms with van der Waals surface area (Å²) >= 11 is 0. The van der Waals surface area contributed by atoms with Gasteiger partial charge in [-0.1, -0.05) is 5.21 Å². The third-order valence-electron chi connectivity index (χ3n) is 6.81. The summed E-state index contributed by atoms with van der Waals surface area (Å²) in [7, 11) is 0. The van der Waals surface area contributed by atoms with E-state index in [0.29, 0.717) is 35.3 Å². The number of benzene rings is 1. The molecule has 3 aromatic rings. The maximum absolute atomic E-state index is 13.0. The van der Waals surface area contributed by atoms with Crippen molar-refractivity contribution >= 4 is 23.6 Å². The Morgan fingerprint density at radius 2 is 1.92 bits per heavy atom. The lowest BCUT2D eigenvalue weighted by molar-refractivity contribution is -0.136. The van der Waals surface area contributed by atoms with Crippen LogP contribution < -0.4 is 10.9 Å². The Kier molecular flexibility index (Phi) is 4.98. The summed E-state index contributed by atoms with van der Waals surface area (Å²) < 4.78 is 1.46. The fourth-order valence-electron chi connectivity index (χ4n) is 4.93. The number of carbonyl (C=O) groups excluding carboxylic acids is 4. The van der Waals surface area contributed by atoms with Gasteiger partial charge in [0.15, 0.2) is 5.69 Å². The van der Waals surface area contributed by atoms with Crippen LogP contribution in [-0.4, -0.2) is 71.2 Å². The maximum Gasteiger partial charge on any atom is 0.276 e. The van der Waals surface area contributed by atoms with Crippen molar-refractivity contribution in [3.05, 3.63) is 68.9 Å². The van der Waals surface area contributed by atoms with Crippen molar-refractivity contribution in [2.45, 2.75) is 38.4 Å². The minimum Gasteiger partial charge on any atom is -0.332 e. The number of hydrogen-bond donors (Lipinski definition) is 2. The van der Waals surface area contributed by atoms with Crippen LogP contribution in [0.1, 0.15) is 50.4 Å². The topological polar surface area (TPSA) is 163 Å². The van der Waals surface area contributed by atoms with Crippen LogP contribution in [0, 0.1) is 0 Å². The molecule has 0 aliphatic carbocycles. The zero-order chi connectivity index (χ0) is 25.0. The molecule has 6 rings (SSSR count). The highest BCUT2D eigenvalue weighted by Gasteiger charge is 2.39. The molecule has 0 saturated carbocycles. The van der Waals surface area contributed by atoms with Gasteiger partial charge in [-0.2, -0.15) is 5.10 Å². The van der Waals surface area contributed by atoms with Crippen LogP contribution in [0.3, 0.4) is 0 Å². The van der Waals surface area contributed by atoms with E-state index in [-0.39, 0.29) is 54.9 Å². The monoisotopic (exact) mass is 488 g/mol. The number of hydrogen-bond acceptors (Lipinski definition) is 8. The molecule has 1 aromatic carbocycles. The van der Waals surface area contributed by atoms with E-state index in [9.17, 15) is 24.0 Å². The predicted octanol–water partition coefficient (Wildman–Crippen LogP) is -0.690. The van der Waals surface area contributed by atoms with Crippen LogP contribution in [0.4, 0.5) is 0 Å². The van der Waals surface area contributed by atoms with Crippen molar-refractivity contribution < 1.29 is 19.2 Å². The molecule has 13 nitrogen and oxygen atoms in total. The largest absolute Gasteiger partial charge is 0.332 e. The second kappa shape index (κ2) is 8.22. The summed E-state index contributed by atoms with van der Waals surface area (Å²) in [4.78, 5) is 64.6. The van der Waals surface area contributed by atoms with Crippen molar-refractivity contribution in [3.63, 3.8) is 0 Å². The van der Waals surface area contributed by atoms with Crippen LogP contribution in [0.2, 0.25) is 0 Å². The molecule has 2 N–H and O–H groups in total. The first-order chi connectivity index (χ1) is 17.4. The summed E-state index contributed by atoms with van der Waals surface area (Å²) in [6, 6.07) is 4.44. The molecule has 3 aliphatic rings. The second-order valence-corrected chi connectivity index (χ2v) is 8.97. The number of nitrogens with zero attached hydrogens (tertiary/aromatic N) is 6. The Morgan fingerprint density at radius 1 is 1.06 bits per heavy atom. The number of rotatable bonds is 3. The fraction of sp³-hybridized carbons (Fsp3) is 0.304. The normalized spacial score (nSPS) is 19.2. The van der Waals surface area contributed by atoms with E-state index in [1.54, 1.807) is 29.3 Å². The molecule has 1 fully saturated rings. The molecule has 1 saturated heterocycles. The molecule has 0 radical (unpaired) electrons. The number of amides is 4. The summed E-state index contributed by atoms with van der Waals surface area (Å²) in [5.74, 6) is -1.38. The van der Waals surface area contributed by atoms with Gasteiger partial charge in [0.1, 0.15) is 6.04 Å². The highest BCUT2D eigenvalue weighted by atomic mass is 16.2. The molecule has 0 spiro atoms. The molecule has 1 unspecified atom stereocenters. The minimum absolute atomic E-state index is 0.151. The number of H-pyrrole nitrogens is 1. The van der Waals surface area contributed by atoms with Crippen LogP contribution in [0.5, 0.6) is 0 Å². The van der Waals surface area contributed by atoms with Crippen LogP contribution in [0.25, 0.3) is 5.69 Å². The number of fused-ring (bicyclic) bond motifs is 2. The molecule has 0 bridgehead atoms. The highest BCUT2D eigenvalue weighted by Crippen LogP contribution is 2.29. The van der Waals surface area contributed by atoms with Gasteiger partial charge < -0.3 is 9.80 Å². The lowest BCUT2D eigenvalue weighted by Crippen LogP contribution is -2.52. The van der Waals surface area contributed by atoms with E-state index < -0.39 is 11.9 Å². The Labute approximate surface area is 203 Å². The van der Waals surface area contributed by atoms with Gasteiger partial charge in [-0.05, 0) is 36.6 Å². The van der Waals surface area contributed by atoms with Crippen molar-refractivity contribution in [1.29, 1.82) is 0 Å². The average molecular weight is 488 g/mol. The SMILES string of the molecule is O=C1CCC(N2Cc3cc(-n4cc(C(=O)N5CCc6c(cn[nH]c6=O)C5)nn4)ccc3C2=O)C(=O)N1. The van der Waals surface area contributed by atoms with Crippen molar-refractivity contribution in [2.75, 3.05) is 6.54 Å².